The molecule has 0 saturated heterocycles. The first kappa shape index (κ1) is 15.7. The van der Waals surface area contributed by atoms with Crippen LogP contribution in [0.2, 0.25) is 0 Å². The van der Waals surface area contributed by atoms with E-state index in [2.05, 4.69) is 4.74 Å². The largest absolute Gasteiger partial charge is 0.490 e. The molecule has 2 aromatic rings. The average Bonchev–Trinajstić information content (AvgIpc) is 2.86. The summed E-state index contributed by atoms with van der Waals surface area (Å²) in [6, 6.07) is 8.23. The predicted molar refractivity (Wildman–Crippen MR) is 77.4 cm³/mol. The van der Waals surface area contributed by atoms with Crippen molar-refractivity contribution in [3.8, 4) is 11.5 Å². The van der Waals surface area contributed by atoms with Gasteiger partial charge in [0.1, 0.15) is 6.10 Å². The van der Waals surface area contributed by atoms with Gasteiger partial charge in [0.05, 0.1) is 6.61 Å². The van der Waals surface area contributed by atoms with E-state index < -0.39 is 12.7 Å². The molecule has 1 unspecified atom stereocenters. The smallest absolute Gasteiger partial charge is 0.387 e. The van der Waals surface area contributed by atoms with Crippen molar-refractivity contribution in [2.24, 2.45) is 0 Å². The second kappa shape index (κ2) is 6.87. The van der Waals surface area contributed by atoms with Crippen LogP contribution in [0, 0.1) is 6.92 Å². The van der Waals surface area contributed by atoms with Crippen molar-refractivity contribution in [3.63, 3.8) is 0 Å². The van der Waals surface area contributed by atoms with E-state index in [1.807, 2.05) is 19.1 Å². The van der Waals surface area contributed by atoms with Gasteiger partial charge in [-0.1, -0.05) is 6.07 Å². The number of hydrogen-bond acceptors (Lipinski definition) is 4. The normalized spacial score (nSPS) is 12.5. The number of benzene rings is 1. The van der Waals surface area contributed by atoms with E-state index >= 15 is 0 Å². The van der Waals surface area contributed by atoms with Crippen molar-refractivity contribution in [2.75, 3.05) is 6.61 Å². The Morgan fingerprint density at radius 2 is 1.95 bits per heavy atom. The fourth-order valence-electron chi connectivity index (χ4n) is 1.92. The van der Waals surface area contributed by atoms with Gasteiger partial charge in [-0.2, -0.15) is 8.78 Å². The number of aryl methyl sites for hydroxylation is 1. The molecule has 0 aliphatic heterocycles. The number of thiophene rings is 1. The lowest BCUT2D eigenvalue weighted by molar-refractivity contribution is -0.0514. The van der Waals surface area contributed by atoms with Gasteiger partial charge >= 0.3 is 6.61 Å². The molecule has 1 aromatic carbocycles. The number of halogens is 2. The van der Waals surface area contributed by atoms with Gasteiger partial charge in [-0.3, -0.25) is 0 Å². The molecule has 0 radical (unpaired) electrons. The van der Waals surface area contributed by atoms with Crippen LogP contribution < -0.4 is 9.47 Å². The van der Waals surface area contributed by atoms with Crippen LogP contribution in [-0.2, 0) is 0 Å². The Hall–Kier alpha value is -1.66. The minimum Gasteiger partial charge on any atom is -0.490 e. The van der Waals surface area contributed by atoms with Crippen LogP contribution in [0.25, 0.3) is 0 Å². The summed E-state index contributed by atoms with van der Waals surface area (Å²) in [5.41, 5.74) is 0.571. The summed E-state index contributed by atoms with van der Waals surface area (Å²) in [5, 5.41) is 10.3. The molecule has 0 spiro atoms. The van der Waals surface area contributed by atoms with Crippen LogP contribution in [0.5, 0.6) is 11.5 Å². The van der Waals surface area contributed by atoms with E-state index in [0.717, 1.165) is 9.75 Å². The van der Waals surface area contributed by atoms with E-state index in [1.165, 1.54) is 23.5 Å². The molecule has 1 aromatic heterocycles. The van der Waals surface area contributed by atoms with Crippen molar-refractivity contribution in [3.05, 3.63) is 45.6 Å². The Kier molecular flexibility index (Phi) is 5.14. The molecule has 6 heteroatoms. The minimum absolute atomic E-state index is 0.0369. The molecule has 0 saturated carbocycles. The number of alkyl halides is 2. The van der Waals surface area contributed by atoms with Gasteiger partial charge in [-0.25, -0.2) is 0 Å². The second-order valence-electron chi connectivity index (χ2n) is 4.37. The third kappa shape index (κ3) is 3.92. The van der Waals surface area contributed by atoms with Crippen LogP contribution in [0.4, 0.5) is 8.78 Å². The summed E-state index contributed by atoms with van der Waals surface area (Å²) in [6.07, 6.45) is -0.816. The number of aliphatic hydroxyl groups excluding tert-OH is 1. The van der Waals surface area contributed by atoms with Gasteiger partial charge in [0.15, 0.2) is 11.5 Å². The maximum Gasteiger partial charge on any atom is 0.387 e. The Bertz CT molecular complexity index is 598. The van der Waals surface area contributed by atoms with Gasteiger partial charge in [0.25, 0.3) is 0 Å². The summed E-state index contributed by atoms with van der Waals surface area (Å²) < 4.78 is 34.4. The molecule has 0 bridgehead atoms. The highest BCUT2D eigenvalue weighted by Crippen LogP contribution is 2.35. The lowest BCUT2D eigenvalue weighted by atomic mass is 10.1. The molecule has 3 nitrogen and oxygen atoms in total. The molecular weight excluding hydrogens is 298 g/mol. The Morgan fingerprint density at radius 3 is 2.52 bits per heavy atom. The van der Waals surface area contributed by atoms with Crippen molar-refractivity contribution >= 4 is 11.3 Å². The first-order valence-electron chi connectivity index (χ1n) is 6.47. The van der Waals surface area contributed by atoms with E-state index in [4.69, 9.17) is 4.74 Å². The Balaban J connectivity index is 2.30. The highest BCUT2D eigenvalue weighted by atomic mass is 32.1. The molecule has 1 heterocycles. The first-order valence-corrected chi connectivity index (χ1v) is 7.29. The summed E-state index contributed by atoms with van der Waals surface area (Å²) in [7, 11) is 0. The molecule has 2 rings (SSSR count). The molecule has 0 aliphatic carbocycles. The Labute approximate surface area is 125 Å². The number of hydrogen-bond donors (Lipinski definition) is 1. The van der Waals surface area contributed by atoms with Gasteiger partial charge in [-0.15, -0.1) is 11.3 Å². The zero-order valence-corrected chi connectivity index (χ0v) is 12.5. The molecule has 0 fully saturated rings. The van der Waals surface area contributed by atoms with E-state index in [9.17, 15) is 13.9 Å². The van der Waals surface area contributed by atoms with Gasteiger partial charge in [-0.05, 0) is 43.7 Å². The highest BCUT2D eigenvalue weighted by molar-refractivity contribution is 7.12. The molecule has 1 atom stereocenters. The summed E-state index contributed by atoms with van der Waals surface area (Å²) in [5.74, 6) is 0.160. The number of rotatable bonds is 6. The van der Waals surface area contributed by atoms with Crippen molar-refractivity contribution in [1.82, 2.24) is 0 Å². The fourth-order valence-corrected chi connectivity index (χ4v) is 2.81. The fraction of sp³-hybridized carbons (Fsp3) is 0.333. The van der Waals surface area contributed by atoms with Crippen LogP contribution >= 0.6 is 11.3 Å². The van der Waals surface area contributed by atoms with E-state index in [-0.39, 0.29) is 11.5 Å². The first-order chi connectivity index (χ1) is 10.0. The summed E-state index contributed by atoms with van der Waals surface area (Å²) in [4.78, 5) is 1.88. The molecule has 21 heavy (non-hydrogen) atoms. The maximum atomic E-state index is 12.3. The molecule has 0 aliphatic rings. The van der Waals surface area contributed by atoms with Gasteiger partial charge < -0.3 is 14.6 Å². The molecule has 114 valence electrons. The quantitative estimate of drug-likeness (QED) is 0.871. The molecule has 0 amide bonds. The van der Waals surface area contributed by atoms with Gasteiger partial charge in [0.2, 0.25) is 0 Å². The van der Waals surface area contributed by atoms with Crippen molar-refractivity contribution in [2.45, 2.75) is 26.6 Å². The third-order valence-electron chi connectivity index (χ3n) is 2.83. The van der Waals surface area contributed by atoms with E-state index in [0.29, 0.717) is 12.2 Å². The topological polar surface area (TPSA) is 38.7 Å². The van der Waals surface area contributed by atoms with Crippen LogP contribution in [-0.4, -0.2) is 18.3 Å². The summed E-state index contributed by atoms with van der Waals surface area (Å²) >= 11 is 1.48. The van der Waals surface area contributed by atoms with Crippen LogP contribution in [0.15, 0.2) is 30.3 Å². The third-order valence-corrected chi connectivity index (χ3v) is 3.88. The van der Waals surface area contributed by atoms with Gasteiger partial charge in [0, 0.05) is 9.75 Å². The molecule has 1 N–H and O–H groups in total. The SMILES string of the molecule is CCOc1cc(C(O)c2ccc(C)s2)ccc1OC(F)F. The van der Waals surface area contributed by atoms with Crippen LogP contribution in [0.1, 0.15) is 28.3 Å². The standard InChI is InChI=1S/C15H16F2O3S/c1-3-19-12-8-10(5-6-11(12)20-15(16)17)14(18)13-7-4-9(2)21-13/h4-8,14-15,18H,3H2,1-2H3. The minimum atomic E-state index is -2.92. The zero-order chi connectivity index (χ0) is 15.4. The highest BCUT2D eigenvalue weighted by Gasteiger charge is 2.17. The lowest BCUT2D eigenvalue weighted by Gasteiger charge is -2.15. The van der Waals surface area contributed by atoms with Crippen molar-refractivity contribution in [1.29, 1.82) is 0 Å². The molecular formula is C15H16F2O3S. The summed E-state index contributed by atoms with van der Waals surface area (Å²) in [6.45, 7) is 1.10. The Morgan fingerprint density at radius 1 is 1.19 bits per heavy atom. The lowest BCUT2D eigenvalue weighted by Crippen LogP contribution is -2.06. The van der Waals surface area contributed by atoms with E-state index in [1.54, 1.807) is 13.0 Å². The average molecular weight is 314 g/mol. The predicted octanol–water partition coefficient (Wildman–Crippen LogP) is 4.14. The zero-order valence-electron chi connectivity index (χ0n) is 11.7. The van der Waals surface area contributed by atoms with Crippen LogP contribution in [0.3, 0.4) is 0 Å². The maximum absolute atomic E-state index is 12.3. The number of ether oxygens (including phenoxy) is 2. The monoisotopic (exact) mass is 314 g/mol. The number of aliphatic hydroxyl groups is 1. The second-order valence-corrected chi connectivity index (χ2v) is 5.69. The van der Waals surface area contributed by atoms with Crippen molar-refractivity contribution < 1.29 is 23.4 Å².